The summed E-state index contributed by atoms with van der Waals surface area (Å²) in [5.74, 6) is -1.47. The standard InChI is InChI=1S/C17H19F3N2O4/c1-25-6-5-22-15(23)13-9-21(10-14(13)16(22)24)8-11-3-2-4-12(7-11)26-17(18,19)20/h2-4,7,13-14H,5-6,8-10H2,1H3/t13-,14+. The van der Waals surface area contributed by atoms with E-state index in [1.165, 1.54) is 30.2 Å². The molecule has 0 aliphatic carbocycles. The number of hydrogen-bond acceptors (Lipinski definition) is 5. The van der Waals surface area contributed by atoms with Gasteiger partial charge in [-0.15, -0.1) is 13.2 Å². The number of likely N-dealkylation sites (tertiary alicyclic amines) is 2. The third-order valence-corrected chi connectivity index (χ3v) is 4.62. The Balaban J connectivity index is 1.62. The molecule has 2 aliphatic rings. The van der Waals surface area contributed by atoms with Crippen molar-refractivity contribution >= 4 is 11.8 Å². The molecule has 1 aromatic rings. The lowest BCUT2D eigenvalue weighted by atomic mass is 10.00. The van der Waals surface area contributed by atoms with Crippen LogP contribution in [0.2, 0.25) is 0 Å². The molecule has 0 N–H and O–H groups in total. The quantitative estimate of drug-likeness (QED) is 0.711. The van der Waals surface area contributed by atoms with Gasteiger partial charge in [-0.05, 0) is 17.7 Å². The van der Waals surface area contributed by atoms with Gasteiger partial charge in [0.1, 0.15) is 5.75 Å². The van der Waals surface area contributed by atoms with Crippen molar-refractivity contribution in [2.45, 2.75) is 12.9 Å². The lowest BCUT2D eigenvalue weighted by molar-refractivity contribution is -0.274. The number of amides is 2. The van der Waals surface area contributed by atoms with E-state index in [4.69, 9.17) is 4.74 Å². The van der Waals surface area contributed by atoms with Crippen LogP contribution in [0.3, 0.4) is 0 Å². The van der Waals surface area contributed by atoms with Crippen LogP contribution in [-0.2, 0) is 20.9 Å². The second-order valence-electron chi connectivity index (χ2n) is 6.42. The van der Waals surface area contributed by atoms with Gasteiger partial charge in [0, 0.05) is 26.7 Å². The van der Waals surface area contributed by atoms with Gasteiger partial charge in [0.05, 0.1) is 25.0 Å². The number of imide groups is 1. The normalized spacial score (nSPS) is 23.6. The highest BCUT2D eigenvalue weighted by molar-refractivity contribution is 6.05. The van der Waals surface area contributed by atoms with Gasteiger partial charge >= 0.3 is 6.36 Å². The van der Waals surface area contributed by atoms with Gasteiger partial charge in [-0.25, -0.2) is 0 Å². The van der Waals surface area contributed by atoms with Crippen LogP contribution in [0.15, 0.2) is 24.3 Å². The molecule has 3 rings (SSSR count). The Morgan fingerprint density at radius 2 is 1.81 bits per heavy atom. The lowest BCUT2D eigenvalue weighted by Gasteiger charge is -2.20. The Bertz CT molecular complexity index is 671. The van der Waals surface area contributed by atoms with Crippen LogP contribution in [0.5, 0.6) is 5.75 Å². The molecule has 0 spiro atoms. The highest BCUT2D eigenvalue weighted by Gasteiger charge is 2.51. The number of fused-ring (bicyclic) bond motifs is 1. The smallest absolute Gasteiger partial charge is 0.406 e. The Labute approximate surface area is 148 Å². The summed E-state index contributed by atoms with van der Waals surface area (Å²) in [4.78, 5) is 27.9. The Hall–Kier alpha value is -2.13. The number of carbonyl (C=O) groups excluding carboxylic acids is 2. The van der Waals surface area contributed by atoms with E-state index in [-0.39, 0.29) is 24.1 Å². The molecule has 6 nitrogen and oxygen atoms in total. The molecule has 2 aliphatic heterocycles. The summed E-state index contributed by atoms with van der Waals surface area (Å²) >= 11 is 0. The van der Waals surface area contributed by atoms with E-state index in [1.54, 1.807) is 6.07 Å². The molecular formula is C17H19F3N2O4. The van der Waals surface area contributed by atoms with Crippen LogP contribution in [-0.4, -0.2) is 61.3 Å². The van der Waals surface area contributed by atoms with Crippen molar-refractivity contribution in [3.05, 3.63) is 29.8 Å². The molecule has 0 radical (unpaired) electrons. The zero-order valence-corrected chi connectivity index (χ0v) is 14.2. The summed E-state index contributed by atoms with van der Waals surface area (Å²) in [5, 5.41) is 0. The number of halogens is 3. The van der Waals surface area contributed by atoms with Gasteiger partial charge in [0.2, 0.25) is 11.8 Å². The highest BCUT2D eigenvalue weighted by Crippen LogP contribution is 2.34. The predicted molar refractivity (Wildman–Crippen MR) is 84.0 cm³/mol. The van der Waals surface area contributed by atoms with Gasteiger partial charge in [0.25, 0.3) is 0 Å². The Kier molecular flexibility index (Phi) is 5.19. The van der Waals surface area contributed by atoms with E-state index in [1.807, 2.05) is 4.90 Å². The first-order valence-corrected chi connectivity index (χ1v) is 8.19. The Morgan fingerprint density at radius 3 is 2.38 bits per heavy atom. The van der Waals surface area contributed by atoms with E-state index >= 15 is 0 Å². The molecule has 0 bridgehead atoms. The van der Waals surface area contributed by atoms with Gasteiger partial charge in [-0.3, -0.25) is 19.4 Å². The molecule has 2 heterocycles. The third-order valence-electron chi connectivity index (χ3n) is 4.62. The number of rotatable bonds is 6. The predicted octanol–water partition coefficient (Wildman–Crippen LogP) is 1.65. The molecule has 0 saturated carbocycles. The molecule has 9 heteroatoms. The number of nitrogens with zero attached hydrogens (tertiary/aromatic N) is 2. The third kappa shape index (κ3) is 3.99. The summed E-state index contributed by atoms with van der Waals surface area (Å²) < 4.78 is 45.8. The molecule has 1 aromatic carbocycles. The fraction of sp³-hybridized carbons (Fsp3) is 0.529. The van der Waals surface area contributed by atoms with Crippen molar-refractivity contribution in [1.82, 2.24) is 9.80 Å². The van der Waals surface area contributed by atoms with E-state index in [2.05, 4.69) is 4.74 Å². The SMILES string of the molecule is COCCN1C(=O)[C@H]2CN(Cc3cccc(OC(F)(F)F)c3)C[C@H]2C1=O. The van der Waals surface area contributed by atoms with Crippen LogP contribution in [0, 0.1) is 11.8 Å². The summed E-state index contributed by atoms with van der Waals surface area (Å²) in [6.45, 7) is 1.71. The molecule has 142 valence electrons. The van der Waals surface area contributed by atoms with Crippen molar-refractivity contribution in [2.75, 3.05) is 33.4 Å². The van der Waals surface area contributed by atoms with Gasteiger partial charge < -0.3 is 9.47 Å². The zero-order chi connectivity index (χ0) is 18.9. The average Bonchev–Trinajstić information content (AvgIpc) is 3.05. The number of ether oxygens (including phenoxy) is 2. The summed E-state index contributed by atoms with van der Waals surface area (Å²) in [7, 11) is 1.50. The van der Waals surface area contributed by atoms with Gasteiger partial charge in [0.15, 0.2) is 0 Å². The maximum atomic E-state index is 12.4. The molecule has 2 fully saturated rings. The molecule has 2 saturated heterocycles. The molecule has 0 aromatic heterocycles. The maximum absolute atomic E-state index is 12.4. The van der Waals surface area contributed by atoms with E-state index in [0.717, 1.165) is 0 Å². The van der Waals surface area contributed by atoms with Crippen molar-refractivity contribution in [1.29, 1.82) is 0 Å². The Morgan fingerprint density at radius 1 is 1.15 bits per heavy atom. The second kappa shape index (κ2) is 7.24. The van der Waals surface area contributed by atoms with Crippen LogP contribution in [0.1, 0.15) is 5.56 Å². The fourth-order valence-corrected chi connectivity index (χ4v) is 3.53. The molecule has 0 unspecified atom stereocenters. The van der Waals surface area contributed by atoms with Crippen molar-refractivity contribution < 1.29 is 32.2 Å². The summed E-state index contributed by atoms with van der Waals surface area (Å²) in [5.41, 5.74) is 0.628. The number of hydrogen-bond donors (Lipinski definition) is 0. The largest absolute Gasteiger partial charge is 0.573 e. The number of methoxy groups -OCH3 is 1. The first kappa shape index (κ1) is 18.7. The first-order chi connectivity index (χ1) is 12.3. The van der Waals surface area contributed by atoms with Crippen molar-refractivity contribution in [3.8, 4) is 5.75 Å². The highest BCUT2D eigenvalue weighted by atomic mass is 19.4. The maximum Gasteiger partial charge on any atom is 0.573 e. The number of alkyl halides is 3. The van der Waals surface area contributed by atoms with Crippen molar-refractivity contribution in [2.24, 2.45) is 11.8 Å². The average molecular weight is 372 g/mol. The lowest BCUT2D eigenvalue weighted by Crippen LogP contribution is -2.37. The van der Waals surface area contributed by atoms with Crippen LogP contribution >= 0.6 is 0 Å². The van der Waals surface area contributed by atoms with Crippen molar-refractivity contribution in [3.63, 3.8) is 0 Å². The van der Waals surface area contributed by atoms with Crippen LogP contribution in [0.4, 0.5) is 13.2 Å². The van der Waals surface area contributed by atoms with E-state index in [0.29, 0.717) is 31.8 Å². The minimum atomic E-state index is -4.74. The van der Waals surface area contributed by atoms with E-state index < -0.39 is 18.2 Å². The second-order valence-corrected chi connectivity index (χ2v) is 6.42. The first-order valence-electron chi connectivity index (χ1n) is 8.19. The minimum absolute atomic E-state index is 0.200. The summed E-state index contributed by atoms with van der Waals surface area (Å²) in [6.07, 6.45) is -4.74. The number of benzene rings is 1. The van der Waals surface area contributed by atoms with Gasteiger partial charge in [-0.1, -0.05) is 12.1 Å². The molecule has 26 heavy (non-hydrogen) atoms. The number of carbonyl (C=O) groups is 2. The summed E-state index contributed by atoms with van der Waals surface area (Å²) in [6, 6.07) is 5.72. The molecular weight excluding hydrogens is 353 g/mol. The monoisotopic (exact) mass is 372 g/mol. The van der Waals surface area contributed by atoms with Gasteiger partial charge in [-0.2, -0.15) is 0 Å². The van der Waals surface area contributed by atoms with E-state index in [9.17, 15) is 22.8 Å². The molecule has 2 atom stereocenters. The molecule has 2 amide bonds. The minimum Gasteiger partial charge on any atom is -0.406 e. The topological polar surface area (TPSA) is 59.1 Å². The zero-order valence-electron chi connectivity index (χ0n) is 14.2. The fourth-order valence-electron chi connectivity index (χ4n) is 3.53. The van der Waals surface area contributed by atoms with Crippen LogP contribution < -0.4 is 4.74 Å². The van der Waals surface area contributed by atoms with Crippen LogP contribution in [0.25, 0.3) is 0 Å².